The van der Waals surface area contributed by atoms with Gasteiger partial charge >= 0.3 is 0 Å². The Balaban J connectivity index is 0.952. The van der Waals surface area contributed by atoms with E-state index in [0.717, 1.165) is 123 Å². The molecule has 6 heteroatoms. The van der Waals surface area contributed by atoms with Gasteiger partial charge in [-0.15, -0.1) is 0 Å². The van der Waals surface area contributed by atoms with Gasteiger partial charge in [0.2, 0.25) is 0 Å². The standard InChI is InChI=1S/C74H52N6/c1-49-42-53(43-50(2)72(49)67-38-35-52-34-33-51-20-19-41-75-73(51)74(52)76-67)54-44-61(79-68-31-17-15-29-63(68)65-47-59(36-39-70(65)79)77(55-21-7-3-8-22-55)56-23-9-4-10-24-56)46-62(45-54)80-69-32-18-16-30-64(69)66-48-60(37-40-71(66)80)78(57-25-11-5-12-26-57)58-27-13-6-14-28-58/h3-48H,1-2H3. The number of anilines is 6. The minimum atomic E-state index is 0.915. The average Bonchev–Trinajstić information content (AvgIpc) is 4.11. The van der Waals surface area contributed by atoms with Crippen molar-refractivity contribution in [3.63, 3.8) is 0 Å². The van der Waals surface area contributed by atoms with Gasteiger partial charge < -0.3 is 18.9 Å². The number of aryl methyl sites for hydroxylation is 2. The van der Waals surface area contributed by atoms with Gasteiger partial charge in [0.15, 0.2) is 0 Å². The molecule has 0 atom stereocenters. The number of hydrogen-bond donors (Lipinski definition) is 0. The van der Waals surface area contributed by atoms with Gasteiger partial charge in [-0.3, -0.25) is 4.98 Å². The largest absolute Gasteiger partial charge is 0.310 e. The van der Waals surface area contributed by atoms with Gasteiger partial charge in [0.1, 0.15) is 0 Å². The van der Waals surface area contributed by atoms with Crippen molar-refractivity contribution in [2.24, 2.45) is 0 Å². The van der Waals surface area contributed by atoms with Crippen LogP contribution in [0.2, 0.25) is 0 Å². The van der Waals surface area contributed by atoms with E-state index in [1.54, 1.807) is 0 Å². The van der Waals surface area contributed by atoms with E-state index in [1.165, 1.54) is 21.5 Å². The predicted octanol–water partition coefficient (Wildman–Crippen LogP) is 19.9. The number of fused-ring (bicyclic) bond motifs is 9. The second-order valence-corrected chi connectivity index (χ2v) is 20.8. The van der Waals surface area contributed by atoms with E-state index in [-0.39, 0.29) is 0 Å². The van der Waals surface area contributed by atoms with Crippen molar-refractivity contribution in [3.8, 4) is 33.8 Å². The monoisotopic (exact) mass is 1020 g/mol. The molecule has 0 spiro atoms. The highest BCUT2D eigenvalue weighted by molar-refractivity contribution is 6.13. The Bertz CT molecular complexity index is 4530. The first kappa shape index (κ1) is 46.7. The summed E-state index contributed by atoms with van der Waals surface area (Å²) < 4.78 is 4.93. The van der Waals surface area contributed by atoms with Crippen LogP contribution >= 0.6 is 0 Å². The van der Waals surface area contributed by atoms with E-state index < -0.39 is 0 Å². The minimum absolute atomic E-state index is 0.915. The Labute approximate surface area is 464 Å². The summed E-state index contributed by atoms with van der Waals surface area (Å²) in [4.78, 5) is 14.8. The van der Waals surface area contributed by atoms with Gasteiger partial charge in [0.25, 0.3) is 0 Å². The van der Waals surface area contributed by atoms with Crippen LogP contribution in [0.1, 0.15) is 11.1 Å². The number of nitrogens with zero attached hydrogens (tertiary/aromatic N) is 6. The summed E-state index contributed by atoms with van der Waals surface area (Å²) in [6, 6.07) is 98.7. The first-order valence-electron chi connectivity index (χ1n) is 27.3. The Morgan fingerprint density at radius 1 is 0.312 bits per heavy atom. The predicted molar refractivity (Wildman–Crippen MR) is 335 cm³/mol. The highest BCUT2D eigenvalue weighted by Crippen LogP contribution is 2.44. The Morgan fingerprint density at radius 3 is 1.21 bits per heavy atom. The lowest BCUT2D eigenvalue weighted by Gasteiger charge is -2.25. The van der Waals surface area contributed by atoms with Gasteiger partial charge in [-0.2, -0.15) is 0 Å². The number of pyridine rings is 2. The first-order chi connectivity index (χ1) is 39.5. The fourth-order valence-corrected chi connectivity index (χ4v) is 12.4. The van der Waals surface area contributed by atoms with Crippen LogP contribution in [0.3, 0.4) is 0 Å². The zero-order valence-electron chi connectivity index (χ0n) is 44.2. The molecule has 0 radical (unpaired) electrons. The van der Waals surface area contributed by atoms with Crippen molar-refractivity contribution in [2.75, 3.05) is 9.80 Å². The van der Waals surface area contributed by atoms with E-state index in [2.05, 4.69) is 300 Å². The van der Waals surface area contributed by atoms with Crippen LogP contribution in [0.15, 0.2) is 279 Å². The van der Waals surface area contributed by atoms with Crippen molar-refractivity contribution >= 4 is 99.5 Å². The van der Waals surface area contributed by atoms with Gasteiger partial charge in [0.05, 0.1) is 38.8 Å². The molecule has 15 aromatic rings. The Hall–Kier alpha value is -10.6. The van der Waals surface area contributed by atoms with Gasteiger partial charge in [-0.05, 0) is 163 Å². The summed E-state index contributed by atoms with van der Waals surface area (Å²) in [6.07, 6.45) is 1.86. The topological polar surface area (TPSA) is 42.1 Å². The molecule has 0 aliphatic rings. The molecule has 0 saturated carbocycles. The van der Waals surface area contributed by atoms with Crippen LogP contribution in [0, 0.1) is 13.8 Å². The fourth-order valence-electron chi connectivity index (χ4n) is 12.4. The third-order valence-corrected chi connectivity index (χ3v) is 15.9. The lowest BCUT2D eigenvalue weighted by atomic mass is 9.93. The van der Waals surface area contributed by atoms with Gasteiger partial charge in [-0.1, -0.05) is 146 Å². The summed E-state index contributed by atoms with van der Waals surface area (Å²) in [5.74, 6) is 0. The normalized spacial score (nSPS) is 11.6. The maximum Gasteiger partial charge on any atom is 0.0972 e. The molecule has 80 heavy (non-hydrogen) atoms. The average molecular weight is 1030 g/mol. The summed E-state index contributed by atoms with van der Waals surface area (Å²) in [5, 5.41) is 6.88. The molecule has 4 heterocycles. The number of hydrogen-bond acceptors (Lipinski definition) is 4. The Morgan fingerprint density at radius 2 is 0.725 bits per heavy atom. The van der Waals surface area contributed by atoms with Crippen LogP contribution in [0.5, 0.6) is 0 Å². The zero-order valence-corrected chi connectivity index (χ0v) is 44.2. The maximum absolute atomic E-state index is 5.34. The SMILES string of the molecule is Cc1cc(-c2cc(-n3c4ccccc4c4cc(N(c5ccccc5)c5ccccc5)ccc43)cc(-n3c4ccccc4c4cc(N(c5ccccc5)c5ccccc5)ccc43)c2)cc(C)c1-c1ccc2ccc3cccnc3c2n1. The van der Waals surface area contributed by atoms with Crippen molar-refractivity contribution in [3.05, 3.63) is 290 Å². The molecule has 0 amide bonds. The molecule has 0 bridgehead atoms. The number of rotatable bonds is 10. The highest BCUT2D eigenvalue weighted by atomic mass is 15.1. The van der Waals surface area contributed by atoms with Crippen molar-refractivity contribution in [1.82, 2.24) is 19.1 Å². The van der Waals surface area contributed by atoms with Crippen LogP contribution in [0.4, 0.5) is 34.1 Å². The minimum Gasteiger partial charge on any atom is -0.310 e. The van der Waals surface area contributed by atoms with Crippen molar-refractivity contribution in [2.45, 2.75) is 13.8 Å². The molecular formula is C74H52N6. The quantitative estimate of drug-likeness (QED) is 0.128. The summed E-state index contributed by atoms with van der Waals surface area (Å²) in [7, 11) is 0. The first-order valence-corrected chi connectivity index (χ1v) is 27.3. The zero-order chi connectivity index (χ0) is 53.3. The number of aromatic nitrogens is 4. The molecule has 0 aliphatic carbocycles. The molecule has 15 rings (SSSR count). The summed E-state index contributed by atoms with van der Waals surface area (Å²) in [5.41, 5.74) is 21.7. The van der Waals surface area contributed by atoms with Crippen molar-refractivity contribution < 1.29 is 0 Å². The highest BCUT2D eigenvalue weighted by Gasteiger charge is 2.22. The third-order valence-electron chi connectivity index (χ3n) is 15.9. The van der Waals surface area contributed by atoms with E-state index in [9.17, 15) is 0 Å². The van der Waals surface area contributed by atoms with Crippen LogP contribution in [0.25, 0.3) is 99.2 Å². The molecule has 6 nitrogen and oxygen atoms in total. The van der Waals surface area contributed by atoms with E-state index in [1.807, 2.05) is 12.3 Å². The molecule has 4 aromatic heterocycles. The molecule has 11 aromatic carbocycles. The van der Waals surface area contributed by atoms with Gasteiger partial charge in [-0.25, -0.2) is 4.98 Å². The molecule has 0 saturated heterocycles. The van der Waals surface area contributed by atoms with Crippen molar-refractivity contribution in [1.29, 1.82) is 0 Å². The molecular weight excluding hydrogens is 973 g/mol. The fraction of sp³-hybridized carbons (Fsp3) is 0.0270. The van der Waals surface area contributed by atoms with Crippen LogP contribution in [-0.2, 0) is 0 Å². The molecule has 378 valence electrons. The maximum atomic E-state index is 5.34. The smallest absolute Gasteiger partial charge is 0.0972 e. The lowest BCUT2D eigenvalue weighted by Crippen LogP contribution is -2.09. The van der Waals surface area contributed by atoms with Crippen LogP contribution < -0.4 is 9.80 Å². The number of para-hydroxylation sites is 6. The third kappa shape index (κ3) is 7.87. The molecule has 0 fully saturated rings. The Kier molecular flexibility index (Phi) is 11.2. The number of benzene rings is 11. The van der Waals surface area contributed by atoms with Crippen LogP contribution in [-0.4, -0.2) is 19.1 Å². The van der Waals surface area contributed by atoms with E-state index >= 15 is 0 Å². The lowest BCUT2D eigenvalue weighted by molar-refractivity contribution is 1.13. The molecule has 0 unspecified atom stereocenters. The summed E-state index contributed by atoms with van der Waals surface area (Å²) >= 11 is 0. The molecule has 0 N–H and O–H groups in total. The summed E-state index contributed by atoms with van der Waals surface area (Å²) in [6.45, 7) is 4.45. The second-order valence-electron chi connectivity index (χ2n) is 20.8. The van der Waals surface area contributed by atoms with E-state index in [4.69, 9.17) is 9.97 Å². The second kappa shape index (κ2) is 19.2. The van der Waals surface area contributed by atoms with E-state index in [0.29, 0.717) is 0 Å². The molecule has 0 aliphatic heterocycles. The van der Waals surface area contributed by atoms with Gasteiger partial charge in [0, 0.05) is 89.6 Å².